The molecule has 1 aromatic heterocycles. The zero-order valence-electron chi connectivity index (χ0n) is 13.6. The van der Waals surface area contributed by atoms with Crippen molar-refractivity contribution in [2.75, 3.05) is 26.1 Å². The number of ether oxygens (including phenoxy) is 2. The lowest BCUT2D eigenvalue weighted by Gasteiger charge is -2.21. The predicted octanol–water partition coefficient (Wildman–Crippen LogP) is -0.320. The maximum absolute atomic E-state index is 11.7. The summed E-state index contributed by atoms with van der Waals surface area (Å²) in [5, 5.41) is 12.7. The summed E-state index contributed by atoms with van der Waals surface area (Å²) < 4.78 is 33.9. The van der Waals surface area contributed by atoms with E-state index in [0.29, 0.717) is 11.5 Å². The van der Waals surface area contributed by atoms with Crippen LogP contribution in [-0.2, 0) is 23.1 Å². The van der Waals surface area contributed by atoms with Crippen LogP contribution < -0.4 is 11.1 Å². The Labute approximate surface area is 143 Å². The van der Waals surface area contributed by atoms with E-state index in [9.17, 15) is 14.6 Å². The number of rotatable bonds is 6. The van der Waals surface area contributed by atoms with Crippen LogP contribution in [0.2, 0.25) is 0 Å². The first-order valence-corrected chi connectivity index (χ1v) is 8.90. The number of imidazole rings is 1. The third-order valence-electron chi connectivity index (χ3n) is 3.90. The van der Waals surface area contributed by atoms with Crippen LogP contribution in [0.1, 0.15) is 24.6 Å². The van der Waals surface area contributed by atoms with E-state index in [4.69, 9.17) is 19.7 Å². The first kappa shape index (κ1) is 18.3. The zero-order chi connectivity index (χ0) is 18.2. The average Bonchev–Trinajstić information content (AvgIpc) is 3.12. The molecule has 1 fully saturated rings. The Morgan fingerprint density at radius 2 is 2.32 bits per heavy atom. The number of nitrogens with zero attached hydrogens (tertiary/aromatic N) is 3. The van der Waals surface area contributed by atoms with Gasteiger partial charge in [0.15, 0.2) is 12.2 Å². The number of aromatic nitrogens is 2. The molecule has 1 saturated heterocycles. The Hall–Kier alpha value is -1.53. The van der Waals surface area contributed by atoms with Gasteiger partial charge in [-0.1, -0.05) is 0 Å². The lowest BCUT2D eigenvalue weighted by atomic mass is 10.2. The molecule has 0 saturated carbocycles. The first-order chi connectivity index (χ1) is 11.8. The molecule has 0 bridgehead atoms. The second-order valence-electron chi connectivity index (χ2n) is 5.51. The highest BCUT2D eigenvalue weighted by atomic mass is 31.2. The van der Waals surface area contributed by atoms with Gasteiger partial charge in [-0.3, -0.25) is 13.6 Å². The van der Waals surface area contributed by atoms with E-state index >= 15 is 0 Å². The second kappa shape index (κ2) is 7.00. The number of methoxy groups -OCH3 is 1. The Morgan fingerprint density at radius 3 is 3.00 bits per heavy atom. The number of hydrogen-bond donors (Lipinski definition) is 4. The van der Waals surface area contributed by atoms with Crippen LogP contribution in [-0.4, -0.2) is 58.5 Å². The summed E-state index contributed by atoms with van der Waals surface area (Å²) in [5.74, 6) is 0.473. The average molecular weight is 377 g/mol. The van der Waals surface area contributed by atoms with Crippen molar-refractivity contribution in [3.05, 3.63) is 12.0 Å². The van der Waals surface area contributed by atoms with Gasteiger partial charge in [0.05, 0.1) is 12.9 Å². The number of guanidine groups is 1. The van der Waals surface area contributed by atoms with Crippen molar-refractivity contribution >= 4 is 19.6 Å². The molecule has 12 nitrogen and oxygen atoms in total. The van der Waals surface area contributed by atoms with Crippen LogP contribution >= 0.6 is 7.82 Å². The van der Waals surface area contributed by atoms with E-state index in [-0.39, 0.29) is 19.0 Å². The van der Waals surface area contributed by atoms with Crippen LogP contribution in [0.4, 0.5) is 5.82 Å². The summed E-state index contributed by atoms with van der Waals surface area (Å²) in [7, 11) is -1.62. The number of aliphatic imine (C=N–C) groups is 1. The summed E-state index contributed by atoms with van der Waals surface area (Å²) in [6, 6.07) is 0. The third-order valence-corrected chi connectivity index (χ3v) is 4.89. The largest absolute Gasteiger partial charge is 0.472 e. The molecule has 13 heteroatoms. The van der Waals surface area contributed by atoms with Crippen LogP contribution in [0.3, 0.4) is 0 Å². The minimum absolute atomic E-state index is 0.0419. The van der Waals surface area contributed by atoms with Crippen LogP contribution in [0.5, 0.6) is 0 Å². The monoisotopic (exact) mass is 377 g/mol. The summed E-state index contributed by atoms with van der Waals surface area (Å²) in [5.41, 5.74) is 5.94. The Balaban J connectivity index is 1.82. The number of nitrogens with two attached hydrogens (primary N) is 1. The van der Waals surface area contributed by atoms with Gasteiger partial charge in [0.1, 0.15) is 29.9 Å². The molecule has 0 aromatic carbocycles. The number of nitrogens with one attached hydrogen (secondary N) is 1. The molecule has 0 spiro atoms. The van der Waals surface area contributed by atoms with Gasteiger partial charge in [0.2, 0.25) is 0 Å². The molecule has 0 amide bonds. The van der Waals surface area contributed by atoms with Crippen molar-refractivity contribution in [1.82, 2.24) is 9.55 Å². The van der Waals surface area contributed by atoms with Gasteiger partial charge in [-0.2, -0.15) is 0 Å². The van der Waals surface area contributed by atoms with Crippen LogP contribution in [0.25, 0.3) is 0 Å². The molecule has 0 radical (unpaired) electrons. The van der Waals surface area contributed by atoms with Crippen molar-refractivity contribution in [1.29, 1.82) is 0 Å². The summed E-state index contributed by atoms with van der Waals surface area (Å²) >= 11 is 0. The topological polar surface area (TPSA) is 163 Å². The molecule has 0 aliphatic carbocycles. The number of anilines is 1. The van der Waals surface area contributed by atoms with Gasteiger partial charge < -0.3 is 30.5 Å². The quantitative estimate of drug-likeness (QED) is 0.483. The highest BCUT2D eigenvalue weighted by molar-refractivity contribution is 7.47. The molecule has 140 valence electrons. The third kappa shape index (κ3) is 3.70. The summed E-state index contributed by atoms with van der Waals surface area (Å²) in [6.45, 7) is 0.154. The number of fused-ring (bicyclic) bond motifs is 1. The van der Waals surface area contributed by atoms with Crippen molar-refractivity contribution in [2.45, 2.75) is 31.1 Å². The minimum Gasteiger partial charge on any atom is -0.382 e. The Morgan fingerprint density at radius 1 is 1.56 bits per heavy atom. The number of phosphoric ester groups is 1. The molecular formula is C12H20N5O7P. The number of hydrogen-bond acceptors (Lipinski definition) is 10. The van der Waals surface area contributed by atoms with Crippen molar-refractivity contribution in [3.63, 3.8) is 0 Å². The zero-order valence-corrected chi connectivity index (χ0v) is 14.5. The minimum atomic E-state index is -4.18. The highest BCUT2D eigenvalue weighted by Crippen LogP contribution is 2.48. The van der Waals surface area contributed by atoms with Gasteiger partial charge in [0, 0.05) is 20.6 Å². The van der Waals surface area contributed by atoms with Gasteiger partial charge in [0.25, 0.3) is 0 Å². The van der Waals surface area contributed by atoms with E-state index in [1.165, 1.54) is 13.4 Å². The maximum Gasteiger partial charge on any atom is 0.472 e. The number of aliphatic hydroxyl groups excluding tert-OH is 1. The molecule has 5 N–H and O–H groups in total. The second-order valence-corrected chi connectivity index (χ2v) is 7.03. The fourth-order valence-corrected chi connectivity index (χ4v) is 3.42. The lowest BCUT2D eigenvalue weighted by Crippen LogP contribution is -2.30. The van der Waals surface area contributed by atoms with Crippen LogP contribution in [0.15, 0.2) is 11.3 Å². The van der Waals surface area contributed by atoms with Gasteiger partial charge in [-0.15, -0.1) is 0 Å². The van der Waals surface area contributed by atoms with Gasteiger partial charge in [-0.25, -0.2) is 14.5 Å². The van der Waals surface area contributed by atoms with E-state index in [1.54, 1.807) is 4.57 Å². The fourth-order valence-electron chi connectivity index (χ4n) is 2.77. The molecule has 3 rings (SSSR count). The Bertz CT molecular complexity index is 710. The lowest BCUT2D eigenvalue weighted by molar-refractivity contribution is -0.0525. The first-order valence-electron chi connectivity index (χ1n) is 7.41. The molecular weight excluding hydrogens is 357 g/mol. The van der Waals surface area contributed by atoms with Gasteiger partial charge >= 0.3 is 7.82 Å². The molecule has 2 aliphatic rings. The van der Waals surface area contributed by atoms with Crippen molar-refractivity contribution in [2.24, 2.45) is 10.7 Å². The molecule has 1 aromatic rings. The van der Waals surface area contributed by atoms with E-state index in [0.717, 1.165) is 7.11 Å². The standard InChI is InChI=1S/C12H20N5O7P/c1-21-4-7-6(24-25(19,20)22-2)3-8(23-7)17-5-14-9-10(17)15-12(13)16-11(9)18/h5-8,11,18H,3-4H2,1-2H3,(H,19,20)(H3,13,15,16)/t6-,7-,8-,11?/m1/s1. The number of phosphoric acid groups is 1. The molecule has 2 unspecified atom stereocenters. The smallest absolute Gasteiger partial charge is 0.382 e. The van der Waals surface area contributed by atoms with Crippen molar-refractivity contribution in [3.8, 4) is 0 Å². The predicted molar refractivity (Wildman–Crippen MR) is 84.5 cm³/mol. The fraction of sp³-hybridized carbons (Fsp3) is 0.667. The van der Waals surface area contributed by atoms with Gasteiger partial charge in [-0.05, 0) is 0 Å². The summed E-state index contributed by atoms with van der Waals surface area (Å²) in [4.78, 5) is 17.5. The molecule has 2 aliphatic heterocycles. The van der Waals surface area contributed by atoms with E-state index < -0.39 is 32.5 Å². The SMILES string of the molecule is COC[C@H]1O[C@@H](n2cnc3c2NC(N)=NC3O)C[C@H]1OP(=O)(O)OC. The Kier molecular flexibility index (Phi) is 5.11. The maximum atomic E-state index is 11.7. The van der Waals surface area contributed by atoms with Crippen LogP contribution in [0, 0.1) is 0 Å². The molecule has 25 heavy (non-hydrogen) atoms. The van der Waals surface area contributed by atoms with E-state index in [2.05, 4.69) is 19.8 Å². The van der Waals surface area contributed by atoms with Crippen molar-refractivity contribution < 1.29 is 33.1 Å². The summed E-state index contributed by atoms with van der Waals surface area (Å²) in [6.07, 6.45) is -1.39. The highest BCUT2D eigenvalue weighted by Gasteiger charge is 2.42. The molecule has 5 atom stereocenters. The molecule has 3 heterocycles. The van der Waals surface area contributed by atoms with E-state index in [1.807, 2.05) is 0 Å². The number of aliphatic hydroxyl groups is 1. The normalized spacial score (nSPS) is 31.1.